The van der Waals surface area contributed by atoms with Gasteiger partial charge in [0.05, 0.1) is 25.7 Å². The Morgan fingerprint density at radius 2 is 1.71 bits per heavy atom. The van der Waals surface area contributed by atoms with Crippen LogP contribution in [-0.2, 0) is 14.8 Å². The number of ether oxygens (including phenoxy) is 2. The van der Waals surface area contributed by atoms with Crippen molar-refractivity contribution in [2.45, 2.75) is 25.2 Å². The van der Waals surface area contributed by atoms with Crippen molar-refractivity contribution >= 4 is 15.9 Å². The topological polar surface area (TPSA) is 79.4 Å². The average Bonchev–Trinajstić information content (AvgIpc) is 2.94. The van der Waals surface area contributed by atoms with Crippen LogP contribution in [0.3, 0.4) is 0 Å². The van der Waals surface area contributed by atoms with E-state index in [1.54, 1.807) is 11.0 Å². The summed E-state index contributed by atoms with van der Waals surface area (Å²) in [6.45, 7) is 7.61. The summed E-state index contributed by atoms with van der Waals surface area (Å²) in [5.74, 6) is 0.949. The number of carbonyl (C=O) groups excluding carboxylic acids is 1. The van der Waals surface area contributed by atoms with Crippen molar-refractivity contribution in [1.82, 2.24) is 14.1 Å². The van der Waals surface area contributed by atoms with Crippen LogP contribution in [0.5, 0.6) is 11.5 Å². The van der Waals surface area contributed by atoms with Crippen LogP contribution < -0.4 is 9.47 Å². The number of sulfonamides is 1. The lowest BCUT2D eigenvalue weighted by Crippen LogP contribution is -2.42. The normalized spacial score (nSPS) is 16.4. The van der Waals surface area contributed by atoms with E-state index >= 15 is 0 Å². The van der Waals surface area contributed by atoms with Gasteiger partial charge in [-0.3, -0.25) is 9.69 Å². The summed E-state index contributed by atoms with van der Waals surface area (Å²) in [5, 5.41) is 0. The average molecular weight is 414 g/mol. The van der Waals surface area contributed by atoms with Gasteiger partial charge < -0.3 is 14.4 Å². The van der Waals surface area contributed by atoms with Gasteiger partial charge in [-0.1, -0.05) is 0 Å². The maximum absolute atomic E-state index is 13.1. The minimum Gasteiger partial charge on any atom is -0.493 e. The van der Waals surface area contributed by atoms with Gasteiger partial charge in [0.15, 0.2) is 11.5 Å². The van der Waals surface area contributed by atoms with E-state index in [0.717, 1.165) is 0 Å². The fraction of sp³-hybridized carbons (Fsp3) is 0.632. The maximum Gasteiger partial charge on any atom is 0.243 e. The number of methoxy groups -OCH3 is 2. The quantitative estimate of drug-likeness (QED) is 0.639. The van der Waals surface area contributed by atoms with Crippen LogP contribution in [0.2, 0.25) is 0 Å². The van der Waals surface area contributed by atoms with Gasteiger partial charge >= 0.3 is 0 Å². The van der Waals surface area contributed by atoms with Crippen LogP contribution in [0, 0.1) is 0 Å². The van der Waals surface area contributed by atoms with Gasteiger partial charge in [-0.2, -0.15) is 4.31 Å². The molecule has 0 saturated carbocycles. The second-order valence-corrected chi connectivity index (χ2v) is 8.55. The fourth-order valence-electron chi connectivity index (χ4n) is 3.34. The first kappa shape index (κ1) is 22.4. The molecule has 0 aliphatic carbocycles. The molecule has 2 rings (SSSR count). The van der Waals surface area contributed by atoms with Crippen LogP contribution in [0.4, 0.5) is 0 Å². The van der Waals surface area contributed by atoms with Gasteiger partial charge in [0.1, 0.15) is 0 Å². The third kappa shape index (κ3) is 5.15. The molecule has 0 aromatic heterocycles. The van der Waals surface area contributed by atoms with E-state index in [1.807, 2.05) is 18.7 Å². The largest absolute Gasteiger partial charge is 0.493 e. The van der Waals surface area contributed by atoms with Crippen LogP contribution in [0.25, 0.3) is 0 Å². The second kappa shape index (κ2) is 10.1. The summed E-state index contributed by atoms with van der Waals surface area (Å²) in [4.78, 5) is 16.3. The minimum atomic E-state index is -3.64. The van der Waals surface area contributed by atoms with Crippen molar-refractivity contribution < 1.29 is 22.7 Å². The van der Waals surface area contributed by atoms with Gasteiger partial charge in [0.25, 0.3) is 0 Å². The number of nitrogens with zero attached hydrogens (tertiary/aromatic N) is 3. The van der Waals surface area contributed by atoms with E-state index in [1.165, 1.54) is 30.7 Å². The Balaban J connectivity index is 2.09. The molecule has 1 heterocycles. The number of hydrogen-bond acceptors (Lipinski definition) is 6. The summed E-state index contributed by atoms with van der Waals surface area (Å²) in [6.07, 6.45) is 0.679. The van der Waals surface area contributed by atoms with E-state index in [4.69, 9.17) is 9.47 Å². The summed E-state index contributed by atoms with van der Waals surface area (Å²) in [6, 6.07) is 4.61. The molecule has 1 aliphatic heterocycles. The molecule has 0 bridgehead atoms. The highest BCUT2D eigenvalue weighted by atomic mass is 32.2. The Bertz CT molecular complexity index is 765. The lowest BCUT2D eigenvalue weighted by atomic mass is 10.3. The summed E-state index contributed by atoms with van der Waals surface area (Å²) < 4.78 is 38.0. The molecule has 158 valence electrons. The lowest BCUT2D eigenvalue weighted by Gasteiger charge is -2.25. The third-order valence-corrected chi connectivity index (χ3v) is 6.91. The summed E-state index contributed by atoms with van der Waals surface area (Å²) >= 11 is 0. The third-order valence-electron chi connectivity index (χ3n) is 5.02. The van der Waals surface area contributed by atoms with E-state index < -0.39 is 10.0 Å². The predicted octanol–water partition coefficient (Wildman–Crippen LogP) is 1.27. The summed E-state index contributed by atoms with van der Waals surface area (Å²) in [5.41, 5.74) is 0. The van der Waals surface area contributed by atoms with Crippen molar-refractivity contribution in [2.75, 3.05) is 60.0 Å². The zero-order chi connectivity index (χ0) is 20.7. The second-order valence-electron chi connectivity index (χ2n) is 6.62. The zero-order valence-corrected chi connectivity index (χ0v) is 18.0. The molecule has 0 unspecified atom stereocenters. The number of rotatable bonds is 8. The molecule has 28 heavy (non-hydrogen) atoms. The molecule has 1 fully saturated rings. The molecule has 0 radical (unpaired) electrons. The molecular formula is C19H31N3O5S. The van der Waals surface area contributed by atoms with Crippen molar-refractivity contribution in [3.05, 3.63) is 18.2 Å². The number of hydrogen-bond donors (Lipinski definition) is 0. The van der Waals surface area contributed by atoms with E-state index in [-0.39, 0.29) is 10.8 Å². The molecule has 1 aliphatic rings. The molecule has 1 amide bonds. The lowest BCUT2D eigenvalue weighted by molar-refractivity contribution is -0.132. The monoisotopic (exact) mass is 413 g/mol. The van der Waals surface area contributed by atoms with Crippen molar-refractivity contribution in [3.63, 3.8) is 0 Å². The number of carbonyl (C=O) groups is 1. The molecule has 0 atom stereocenters. The van der Waals surface area contributed by atoms with Crippen LogP contribution in [0.1, 0.15) is 20.3 Å². The first-order valence-corrected chi connectivity index (χ1v) is 11.0. The van der Waals surface area contributed by atoms with Crippen molar-refractivity contribution in [1.29, 1.82) is 0 Å². The maximum atomic E-state index is 13.1. The van der Waals surface area contributed by atoms with Gasteiger partial charge in [0.2, 0.25) is 15.9 Å². The zero-order valence-electron chi connectivity index (χ0n) is 17.2. The van der Waals surface area contributed by atoms with Gasteiger partial charge in [0, 0.05) is 38.8 Å². The minimum absolute atomic E-state index is 0.0844. The highest BCUT2D eigenvalue weighted by Crippen LogP contribution is 2.30. The number of benzene rings is 1. The Morgan fingerprint density at radius 3 is 2.32 bits per heavy atom. The Morgan fingerprint density at radius 1 is 1.04 bits per heavy atom. The van der Waals surface area contributed by atoms with E-state index in [9.17, 15) is 13.2 Å². The SMILES string of the molecule is CCN(CC)C(=O)CN1CCCN(S(=O)(=O)c2ccc(OC)c(OC)c2)CC1. The van der Waals surface area contributed by atoms with Gasteiger partial charge in [-0.15, -0.1) is 0 Å². The molecule has 1 aromatic rings. The summed E-state index contributed by atoms with van der Waals surface area (Å²) in [7, 11) is -0.659. The highest BCUT2D eigenvalue weighted by molar-refractivity contribution is 7.89. The molecular weight excluding hydrogens is 382 g/mol. The van der Waals surface area contributed by atoms with Crippen LogP contribution in [0.15, 0.2) is 23.1 Å². The van der Waals surface area contributed by atoms with Crippen LogP contribution in [-0.4, -0.2) is 88.5 Å². The number of likely N-dealkylation sites (N-methyl/N-ethyl adjacent to an activating group) is 1. The first-order valence-electron chi connectivity index (χ1n) is 9.59. The standard InChI is InChI=1S/C19H31N3O5S/c1-5-21(6-2)19(23)15-20-10-7-11-22(13-12-20)28(24,25)16-8-9-17(26-3)18(14-16)27-4/h8-9,14H,5-7,10-13,15H2,1-4H3. The van der Waals surface area contributed by atoms with E-state index in [2.05, 4.69) is 0 Å². The molecule has 0 spiro atoms. The Kier molecular flexibility index (Phi) is 8.09. The molecule has 0 N–H and O–H groups in total. The van der Waals surface area contributed by atoms with E-state index in [0.29, 0.717) is 63.7 Å². The molecule has 1 aromatic carbocycles. The fourth-order valence-corrected chi connectivity index (χ4v) is 4.82. The smallest absolute Gasteiger partial charge is 0.243 e. The number of amides is 1. The van der Waals surface area contributed by atoms with Crippen molar-refractivity contribution in [2.24, 2.45) is 0 Å². The predicted molar refractivity (Wildman–Crippen MR) is 107 cm³/mol. The molecule has 1 saturated heterocycles. The molecule has 9 heteroatoms. The Hall–Kier alpha value is -1.84. The Labute approximate surface area is 168 Å². The molecule has 8 nitrogen and oxygen atoms in total. The van der Waals surface area contributed by atoms with Gasteiger partial charge in [-0.25, -0.2) is 8.42 Å². The van der Waals surface area contributed by atoms with Gasteiger partial charge in [-0.05, 0) is 38.9 Å². The highest BCUT2D eigenvalue weighted by Gasteiger charge is 2.28. The van der Waals surface area contributed by atoms with Crippen LogP contribution >= 0.6 is 0 Å². The first-order chi connectivity index (χ1) is 13.4. The van der Waals surface area contributed by atoms with Crippen molar-refractivity contribution in [3.8, 4) is 11.5 Å².